The molecule has 4 heteroatoms. The van der Waals surface area contributed by atoms with E-state index < -0.39 is 17.6 Å². The predicted octanol–water partition coefficient (Wildman–Crippen LogP) is -0.598. The zero-order valence-electron chi connectivity index (χ0n) is 5.13. The average molecular weight is 147 g/mol. The van der Waals surface area contributed by atoms with Gasteiger partial charge < -0.3 is 5.73 Å². The van der Waals surface area contributed by atoms with Gasteiger partial charge in [-0.2, -0.15) is 12.6 Å². The Morgan fingerprint density at radius 2 is 2.11 bits per heavy atom. The van der Waals surface area contributed by atoms with Crippen molar-refractivity contribution < 1.29 is 9.59 Å². The van der Waals surface area contributed by atoms with Crippen LogP contribution in [0.15, 0.2) is 0 Å². The van der Waals surface area contributed by atoms with Gasteiger partial charge in [-0.15, -0.1) is 0 Å². The van der Waals surface area contributed by atoms with E-state index in [9.17, 15) is 9.59 Å². The van der Waals surface area contributed by atoms with E-state index in [1.807, 2.05) is 0 Å². The van der Waals surface area contributed by atoms with E-state index in [0.717, 1.165) is 0 Å². The molecule has 0 aliphatic heterocycles. The minimum absolute atomic E-state index is 0.221. The van der Waals surface area contributed by atoms with E-state index in [2.05, 4.69) is 12.6 Å². The van der Waals surface area contributed by atoms with Crippen molar-refractivity contribution in [3.8, 4) is 0 Å². The Balaban J connectivity index is 3.88. The first-order valence-electron chi connectivity index (χ1n) is 2.50. The van der Waals surface area contributed by atoms with E-state index in [0.29, 0.717) is 0 Å². The summed E-state index contributed by atoms with van der Waals surface area (Å²) in [6, 6.07) is -0.731. The quantitative estimate of drug-likeness (QED) is 0.414. The van der Waals surface area contributed by atoms with Gasteiger partial charge in [0.15, 0.2) is 5.78 Å². The maximum Gasteiger partial charge on any atom is 0.215 e. The molecule has 0 aliphatic rings. The molecule has 0 rings (SSSR count). The van der Waals surface area contributed by atoms with Gasteiger partial charge in [0.05, 0.1) is 6.04 Å². The number of hydrogen-bond acceptors (Lipinski definition) is 4. The van der Waals surface area contributed by atoms with Crippen LogP contribution in [0.3, 0.4) is 0 Å². The number of Topliss-reactive ketones (excluding diaryl/α,β-unsaturated/α-hetero) is 2. The average Bonchev–Trinajstić information content (AvgIpc) is 1.84. The molecule has 0 unspecified atom stereocenters. The summed E-state index contributed by atoms with van der Waals surface area (Å²) >= 11 is 3.75. The van der Waals surface area contributed by atoms with Crippen LogP contribution in [0.4, 0.5) is 0 Å². The second kappa shape index (κ2) is 3.63. The van der Waals surface area contributed by atoms with Gasteiger partial charge in [0.2, 0.25) is 5.78 Å². The van der Waals surface area contributed by atoms with Crippen molar-refractivity contribution in [3.63, 3.8) is 0 Å². The molecule has 0 saturated carbocycles. The van der Waals surface area contributed by atoms with Crippen molar-refractivity contribution in [1.29, 1.82) is 0 Å². The molecule has 9 heavy (non-hydrogen) atoms. The number of hydrogen-bond donors (Lipinski definition) is 2. The Labute approximate surface area is 59.0 Å². The molecule has 0 radical (unpaired) electrons. The van der Waals surface area contributed by atoms with Crippen LogP contribution in [-0.4, -0.2) is 23.4 Å². The van der Waals surface area contributed by atoms with Crippen LogP contribution in [-0.2, 0) is 9.59 Å². The van der Waals surface area contributed by atoms with Gasteiger partial charge in [0.25, 0.3) is 0 Å². The third kappa shape index (κ3) is 2.62. The molecule has 0 bridgehead atoms. The molecule has 0 aromatic heterocycles. The van der Waals surface area contributed by atoms with Crippen LogP contribution in [0.25, 0.3) is 0 Å². The Morgan fingerprint density at radius 1 is 1.67 bits per heavy atom. The topological polar surface area (TPSA) is 60.2 Å². The lowest BCUT2D eigenvalue weighted by Crippen LogP contribution is -2.36. The van der Waals surface area contributed by atoms with Gasteiger partial charge in [-0.25, -0.2) is 0 Å². The standard InChI is InChI=1S/C5H9NO2S/c1-3(7)5(8)4(6)2-9/h4,9H,2,6H2,1H3/t4-/m0/s1. The summed E-state index contributed by atoms with van der Waals surface area (Å²) < 4.78 is 0. The molecular formula is C5H9NO2S. The summed E-state index contributed by atoms with van der Waals surface area (Å²) in [6.07, 6.45) is 0. The summed E-state index contributed by atoms with van der Waals surface area (Å²) in [5, 5.41) is 0. The van der Waals surface area contributed by atoms with Gasteiger partial charge in [0.1, 0.15) is 0 Å². The monoisotopic (exact) mass is 147 g/mol. The van der Waals surface area contributed by atoms with Crippen LogP contribution < -0.4 is 5.73 Å². The van der Waals surface area contributed by atoms with Gasteiger partial charge in [0, 0.05) is 12.7 Å². The van der Waals surface area contributed by atoms with Gasteiger partial charge in [-0.3, -0.25) is 9.59 Å². The first kappa shape index (κ1) is 8.65. The van der Waals surface area contributed by atoms with Gasteiger partial charge in [-0.1, -0.05) is 0 Å². The molecule has 0 fully saturated rings. The van der Waals surface area contributed by atoms with E-state index >= 15 is 0 Å². The van der Waals surface area contributed by atoms with Gasteiger partial charge >= 0.3 is 0 Å². The third-order valence-electron chi connectivity index (χ3n) is 0.880. The maximum absolute atomic E-state index is 10.6. The first-order valence-corrected chi connectivity index (χ1v) is 3.14. The lowest BCUT2D eigenvalue weighted by atomic mass is 10.2. The highest BCUT2D eigenvalue weighted by Gasteiger charge is 2.15. The minimum atomic E-state index is -0.731. The molecular weight excluding hydrogens is 138 g/mol. The summed E-state index contributed by atoms with van der Waals surface area (Å²) in [7, 11) is 0. The molecule has 0 spiro atoms. The highest BCUT2D eigenvalue weighted by molar-refractivity contribution is 7.80. The van der Waals surface area contributed by atoms with Crippen molar-refractivity contribution in [2.45, 2.75) is 13.0 Å². The minimum Gasteiger partial charge on any atom is -0.320 e. The number of carbonyl (C=O) groups is 2. The number of nitrogens with two attached hydrogens (primary N) is 1. The molecule has 0 heterocycles. The van der Waals surface area contributed by atoms with Crippen molar-refractivity contribution in [1.82, 2.24) is 0 Å². The Hall–Kier alpha value is -0.350. The van der Waals surface area contributed by atoms with Crippen molar-refractivity contribution in [2.24, 2.45) is 5.73 Å². The Morgan fingerprint density at radius 3 is 2.22 bits per heavy atom. The predicted molar refractivity (Wildman–Crippen MR) is 37.5 cm³/mol. The molecule has 3 nitrogen and oxygen atoms in total. The molecule has 0 aliphatic carbocycles. The second-order valence-corrected chi connectivity index (χ2v) is 2.07. The van der Waals surface area contributed by atoms with Gasteiger partial charge in [-0.05, 0) is 0 Å². The summed E-state index contributed by atoms with van der Waals surface area (Å²) in [5.74, 6) is -0.833. The number of ketones is 2. The third-order valence-corrected chi connectivity index (χ3v) is 1.27. The Bertz CT molecular complexity index is 135. The largest absolute Gasteiger partial charge is 0.320 e. The van der Waals surface area contributed by atoms with Crippen molar-refractivity contribution in [3.05, 3.63) is 0 Å². The van der Waals surface area contributed by atoms with Crippen LogP contribution in [0.5, 0.6) is 0 Å². The van der Waals surface area contributed by atoms with Crippen LogP contribution >= 0.6 is 12.6 Å². The molecule has 52 valence electrons. The summed E-state index contributed by atoms with van der Waals surface area (Å²) in [5.41, 5.74) is 5.17. The zero-order chi connectivity index (χ0) is 7.44. The second-order valence-electron chi connectivity index (χ2n) is 1.71. The van der Waals surface area contributed by atoms with Crippen LogP contribution in [0, 0.1) is 0 Å². The molecule has 1 atom stereocenters. The van der Waals surface area contributed by atoms with E-state index in [1.54, 1.807) is 0 Å². The Kier molecular flexibility index (Phi) is 3.49. The fourth-order valence-corrected chi connectivity index (χ4v) is 0.510. The zero-order valence-corrected chi connectivity index (χ0v) is 6.02. The highest BCUT2D eigenvalue weighted by Crippen LogP contribution is 1.86. The van der Waals surface area contributed by atoms with Crippen molar-refractivity contribution in [2.75, 3.05) is 5.75 Å². The molecule has 0 amide bonds. The van der Waals surface area contributed by atoms with E-state index in [1.165, 1.54) is 6.92 Å². The number of thiol groups is 1. The number of rotatable bonds is 3. The highest BCUT2D eigenvalue weighted by atomic mass is 32.1. The molecule has 2 N–H and O–H groups in total. The van der Waals surface area contributed by atoms with Crippen molar-refractivity contribution >= 4 is 24.2 Å². The number of carbonyl (C=O) groups excluding carboxylic acids is 2. The van der Waals surface area contributed by atoms with E-state index in [-0.39, 0.29) is 5.75 Å². The first-order chi connectivity index (χ1) is 4.09. The molecule has 0 aromatic rings. The molecule has 0 saturated heterocycles. The van der Waals surface area contributed by atoms with E-state index in [4.69, 9.17) is 5.73 Å². The summed E-state index contributed by atoms with van der Waals surface area (Å²) in [4.78, 5) is 20.8. The lowest BCUT2D eigenvalue weighted by molar-refractivity contribution is -0.135. The SMILES string of the molecule is CC(=O)C(=O)[C@@H](N)CS. The smallest absolute Gasteiger partial charge is 0.215 e. The molecule has 0 aromatic carbocycles. The summed E-state index contributed by atoms with van der Waals surface area (Å²) in [6.45, 7) is 1.20. The normalized spacial score (nSPS) is 12.8. The van der Waals surface area contributed by atoms with Crippen LogP contribution in [0.2, 0.25) is 0 Å². The fraction of sp³-hybridized carbons (Fsp3) is 0.600. The van der Waals surface area contributed by atoms with Crippen LogP contribution in [0.1, 0.15) is 6.92 Å². The fourth-order valence-electron chi connectivity index (χ4n) is 0.344. The lowest BCUT2D eigenvalue weighted by Gasteiger charge is -2.01. The maximum atomic E-state index is 10.6.